The number of aliphatic carboxylic acids is 1. The first-order valence-electron chi connectivity index (χ1n) is 13.9. The van der Waals surface area contributed by atoms with Crippen molar-refractivity contribution < 1.29 is 24.9 Å². The third kappa shape index (κ3) is 2.94. The van der Waals surface area contributed by atoms with Gasteiger partial charge in [-0.1, -0.05) is 53.2 Å². The van der Waals surface area contributed by atoms with E-state index >= 15 is 0 Å². The smallest absolute Gasteiger partial charge is 0.310 e. The average Bonchev–Trinajstić information content (AvgIpc) is 2.77. The number of allylic oxidation sites excluding steroid dienone is 2. The van der Waals surface area contributed by atoms with Gasteiger partial charge in [-0.25, -0.2) is 0 Å². The maximum absolute atomic E-state index is 13.7. The summed E-state index contributed by atoms with van der Waals surface area (Å²) >= 11 is 0. The molecule has 0 amide bonds. The average molecular weight is 487 g/mol. The number of ketones is 1. The summed E-state index contributed by atoms with van der Waals surface area (Å²) in [6, 6.07) is 0. The summed E-state index contributed by atoms with van der Waals surface area (Å²) in [5, 5.41) is 31.7. The van der Waals surface area contributed by atoms with Crippen LogP contribution < -0.4 is 0 Å². The molecule has 0 radical (unpaired) electrons. The van der Waals surface area contributed by atoms with Gasteiger partial charge in [-0.3, -0.25) is 9.59 Å². The highest BCUT2D eigenvalue weighted by Gasteiger charge is 2.71. The van der Waals surface area contributed by atoms with E-state index in [0.717, 1.165) is 44.9 Å². The van der Waals surface area contributed by atoms with Gasteiger partial charge in [0.15, 0.2) is 0 Å². The Hall–Kier alpha value is -1.20. The molecule has 5 heteroatoms. The number of aliphatic hydroxyl groups is 2. The van der Waals surface area contributed by atoms with E-state index in [1.165, 1.54) is 5.57 Å². The summed E-state index contributed by atoms with van der Waals surface area (Å²) in [4.78, 5) is 26.5. The Morgan fingerprint density at radius 2 is 1.66 bits per heavy atom. The summed E-state index contributed by atoms with van der Waals surface area (Å²) in [6.45, 7) is 13.3. The first kappa shape index (κ1) is 25.4. The minimum Gasteiger partial charge on any atom is -0.481 e. The molecule has 0 saturated heterocycles. The van der Waals surface area contributed by atoms with Gasteiger partial charge in [-0.05, 0) is 85.4 Å². The zero-order valence-corrected chi connectivity index (χ0v) is 22.6. The van der Waals surface area contributed by atoms with Gasteiger partial charge in [0.05, 0.1) is 18.1 Å². The van der Waals surface area contributed by atoms with Crippen LogP contribution in [0.4, 0.5) is 0 Å². The largest absolute Gasteiger partial charge is 0.481 e. The Labute approximate surface area is 210 Å². The summed E-state index contributed by atoms with van der Waals surface area (Å²) in [7, 11) is 0. The van der Waals surface area contributed by atoms with Crippen LogP contribution in [0.5, 0.6) is 0 Å². The van der Waals surface area contributed by atoms with Crippen molar-refractivity contribution in [2.75, 3.05) is 6.61 Å². The van der Waals surface area contributed by atoms with E-state index in [2.05, 4.69) is 40.7 Å². The minimum absolute atomic E-state index is 0.0526. The Balaban J connectivity index is 1.63. The van der Waals surface area contributed by atoms with Gasteiger partial charge in [-0.2, -0.15) is 0 Å². The van der Waals surface area contributed by atoms with E-state index in [1.54, 1.807) is 0 Å². The van der Waals surface area contributed by atoms with Crippen molar-refractivity contribution in [3.8, 4) is 0 Å². The number of fused-ring (bicyclic) bond motifs is 7. The van der Waals surface area contributed by atoms with Crippen molar-refractivity contribution in [2.45, 2.75) is 105 Å². The van der Waals surface area contributed by atoms with Gasteiger partial charge in [0.1, 0.15) is 5.78 Å². The van der Waals surface area contributed by atoms with Gasteiger partial charge >= 0.3 is 5.97 Å². The maximum atomic E-state index is 13.7. The lowest BCUT2D eigenvalue weighted by Gasteiger charge is -2.70. The number of carbonyl (C=O) groups is 2. The molecular weight excluding hydrogens is 440 g/mol. The molecule has 0 aromatic heterocycles. The quantitative estimate of drug-likeness (QED) is 0.455. The Bertz CT molecular complexity index is 983. The van der Waals surface area contributed by atoms with Crippen LogP contribution in [-0.4, -0.2) is 39.8 Å². The van der Waals surface area contributed by atoms with E-state index < -0.39 is 28.3 Å². The highest BCUT2D eigenvalue weighted by molar-refractivity contribution is 5.87. The van der Waals surface area contributed by atoms with E-state index in [4.69, 9.17) is 0 Å². The van der Waals surface area contributed by atoms with Gasteiger partial charge < -0.3 is 15.3 Å². The van der Waals surface area contributed by atoms with Crippen LogP contribution in [0.2, 0.25) is 0 Å². The number of carbonyl (C=O) groups excluding carboxylic acids is 1. The van der Waals surface area contributed by atoms with Gasteiger partial charge in [0, 0.05) is 17.3 Å². The lowest BCUT2D eigenvalue weighted by atomic mass is 9.33. The first-order chi connectivity index (χ1) is 16.1. The van der Waals surface area contributed by atoms with Crippen LogP contribution in [0.1, 0.15) is 99.3 Å². The van der Waals surface area contributed by atoms with Crippen molar-refractivity contribution in [1.82, 2.24) is 0 Å². The fourth-order valence-electron chi connectivity index (χ4n) is 10.4. The molecule has 0 aliphatic heterocycles. The van der Waals surface area contributed by atoms with Gasteiger partial charge in [-0.15, -0.1) is 0 Å². The van der Waals surface area contributed by atoms with Crippen LogP contribution >= 0.6 is 0 Å². The molecule has 5 aliphatic rings. The SMILES string of the molecule is CC1(C)CC[C@]2(C(=O)O)CC[C@]3(C)C(=CCC4[C@@]5(C)C(=O)C[C@H](O)[C@@](C)(CO)C5CC[C@]43C)C2C1. The molecule has 196 valence electrons. The van der Waals surface area contributed by atoms with Crippen LogP contribution in [0, 0.1) is 50.2 Å². The molecule has 0 heterocycles. The van der Waals surface area contributed by atoms with Crippen molar-refractivity contribution in [2.24, 2.45) is 50.2 Å². The number of rotatable bonds is 2. The monoisotopic (exact) mass is 486 g/mol. The molecule has 5 aliphatic carbocycles. The highest BCUT2D eigenvalue weighted by atomic mass is 16.4. The zero-order chi connectivity index (χ0) is 25.8. The second-order valence-electron chi connectivity index (χ2n) is 14.8. The molecular formula is C30H46O5. The zero-order valence-electron chi connectivity index (χ0n) is 22.6. The Morgan fingerprint density at radius 1 is 1.00 bits per heavy atom. The summed E-state index contributed by atoms with van der Waals surface area (Å²) in [5.74, 6) is -0.353. The van der Waals surface area contributed by atoms with Crippen molar-refractivity contribution >= 4 is 11.8 Å². The van der Waals surface area contributed by atoms with Gasteiger partial charge in [0.25, 0.3) is 0 Å². The number of aliphatic hydroxyl groups excluding tert-OH is 2. The Kier molecular flexibility index (Phi) is 5.40. The second kappa shape index (κ2) is 7.43. The number of carboxylic acid groups (broad SMARTS) is 1. The molecule has 3 unspecified atom stereocenters. The van der Waals surface area contributed by atoms with Crippen LogP contribution in [0.15, 0.2) is 11.6 Å². The molecule has 0 bridgehead atoms. The fourth-order valence-corrected chi connectivity index (χ4v) is 10.4. The van der Waals surface area contributed by atoms with Crippen molar-refractivity contribution in [1.29, 1.82) is 0 Å². The minimum atomic E-state index is -0.803. The number of hydrogen-bond donors (Lipinski definition) is 3. The molecule has 35 heavy (non-hydrogen) atoms. The molecule has 4 saturated carbocycles. The second-order valence-corrected chi connectivity index (χ2v) is 14.8. The maximum Gasteiger partial charge on any atom is 0.310 e. The van der Waals surface area contributed by atoms with Crippen LogP contribution in [-0.2, 0) is 9.59 Å². The predicted molar refractivity (Wildman–Crippen MR) is 134 cm³/mol. The normalized spacial score (nSPS) is 52.9. The summed E-state index contributed by atoms with van der Waals surface area (Å²) in [6.07, 6.45) is 8.38. The topological polar surface area (TPSA) is 94.8 Å². The third-order valence-corrected chi connectivity index (χ3v) is 13.1. The van der Waals surface area contributed by atoms with E-state index in [-0.39, 0.29) is 52.8 Å². The standard InChI is InChI=1S/C30H46O5/c1-25(2)11-13-30(24(34)35)14-12-27(4)18(19(30)16-25)7-8-21-28(27,5)10-9-20-26(3,17-31)22(32)15-23(33)29(20,21)6/h7,19-22,31-32H,8-17H2,1-6H3,(H,34,35)/t19?,20?,21?,22-,26-,27+,28+,29-,30-/m0/s1. The molecule has 5 rings (SSSR count). The van der Waals surface area contributed by atoms with E-state index in [9.17, 15) is 24.9 Å². The van der Waals surface area contributed by atoms with Crippen LogP contribution in [0.3, 0.4) is 0 Å². The van der Waals surface area contributed by atoms with E-state index in [1.807, 2.05) is 6.92 Å². The van der Waals surface area contributed by atoms with E-state index in [0.29, 0.717) is 6.42 Å². The highest BCUT2D eigenvalue weighted by Crippen LogP contribution is 2.75. The van der Waals surface area contributed by atoms with Gasteiger partial charge in [0.2, 0.25) is 0 Å². The predicted octanol–water partition coefficient (Wildman–Crippen LogP) is 5.39. The molecule has 9 atom stereocenters. The number of carboxylic acids is 1. The third-order valence-electron chi connectivity index (χ3n) is 13.1. The molecule has 0 aromatic rings. The Morgan fingerprint density at radius 3 is 2.29 bits per heavy atom. The first-order valence-corrected chi connectivity index (χ1v) is 13.9. The molecule has 4 fully saturated rings. The lowest BCUT2D eigenvalue weighted by Crippen LogP contribution is -2.68. The molecule has 0 spiro atoms. The number of Topliss-reactive ketones (excluding diaryl/α,β-unsaturated/α-hetero) is 1. The van der Waals surface area contributed by atoms with Crippen molar-refractivity contribution in [3.63, 3.8) is 0 Å². The summed E-state index contributed by atoms with van der Waals surface area (Å²) in [5.41, 5.74) is -0.716. The number of hydrogen-bond acceptors (Lipinski definition) is 4. The van der Waals surface area contributed by atoms with Crippen molar-refractivity contribution in [3.05, 3.63) is 11.6 Å². The molecule has 0 aromatic carbocycles. The lowest BCUT2D eigenvalue weighted by molar-refractivity contribution is -0.211. The fraction of sp³-hybridized carbons (Fsp3) is 0.867. The molecule has 5 nitrogen and oxygen atoms in total. The summed E-state index contributed by atoms with van der Waals surface area (Å²) < 4.78 is 0. The molecule has 3 N–H and O–H groups in total. The van der Waals surface area contributed by atoms with Crippen LogP contribution in [0.25, 0.3) is 0 Å².